The van der Waals surface area contributed by atoms with E-state index in [1.165, 1.54) is 6.08 Å². The molecule has 0 saturated carbocycles. The quantitative estimate of drug-likeness (QED) is 0.726. The molecule has 3 heterocycles. The van der Waals surface area contributed by atoms with E-state index in [1.807, 2.05) is 0 Å². The number of allylic oxidation sites excluding steroid dienone is 1. The first-order chi connectivity index (χ1) is 7.84. The summed E-state index contributed by atoms with van der Waals surface area (Å²) >= 11 is 0. The van der Waals surface area contributed by atoms with Crippen LogP contribution in [0.2, 0.25) is 0 Å². The maximum absolute atomic E-state index is 11.9. The van der Waals surface area contributed by atoms with Crippen LogP contribution in [0.3, 0.4) is 0 Å². The van der Waals surface area contributed by atoms with Crippen LogP contribution in [0.25, 0.3) is 5.76 Å². The molecule has 0 radical (unpaired) electrons. The zero-order chi connectivity index (χ0) is 11.0. The van der Waals surface area contributed by atoms with Gasteiger partial charge in [0, 0.05) is 6.08 Å². The lowest BCUT2D eigenvalue weighted by atomic mass is 9.93. The van der Waals surface area contributed by atoms with E-state index >= 15 is 0 Å². The monoisotopic (exact) mass is 220 g/mol. The van der Waals surface area contributed by atoms with Crippen molar-refractivity contribution in [1.29, 1.82) is 0 Å². The molecule has 84 valence electrons. The Balaban J connectivity index is 1.89. The highest BCUT2D eigenvalue weighted by Crippen LogP contribution is 2.32. The van der Waals surface area contributed by atoms with Crippen LogP contribution in [-0.4, -0.2) is 18.7 Å². The van der Waals surface area contributed by atoms with Gasteiger partial charge < -0.3 is 13.9 Å². The lowest BCUT2D eigenvalue weighted by Crippen LogP contribution is -2.38. The lowest BCUT2D eigenvalue weighted by molar-refractivity contribution is -0.170. The summed E-state index contributed by atoms with van der Waals surface area (Å²) in [4.78, 5) is 11.9. The van der Waals surface area contributed by atoms with Crippen molar-refractivity contribution in [2.75, 3.05) is 6.61 Å². The molecule has 0 aromatic carbocycles. The van der Waals surface area contributed by atoms with E-state index in [0.29, 0.717) is 18.1 Å². The summed E-state index contributed by atoms with van der Waals surface area (Å²) in [5.41, 5.74) is 0. The average molecular weight is 220 g/mol. The van der Waals surface area contributed by atoms with Crippen LogP contribution in [0.1, 0.15) is 18.6 Å². The summed E-state index contributed by atoms with van der Waals surface area (Å²) in [6.45, 7) is 0.653. The molecule has 1 aromatic heterocycles. The Morgan fingerprint density at radius 2 is 2.31 bits per heavy atom. The average Bonchev–Trinajstić information content (AvgIpc) is 2.82. The van der Waals surface area contributed by atoms with Gasteiger partial charge in [0.15, 0.2) is 17.3 Å². The van der Waals surface area contributed by atoms with Gasteiger partial charge in [-0.3, -0.25) is 4.79 Å². The first-order valence-electron chi connectivity index (χ1n) is 5.42. The summed E-state index contributed by atoms with van der Waals surface area (Å²) in [7, 11) is 0. The van der Waals surface area contributed by atoms with E-state index in [0.717, 1.165) is 12.8 Å². The van der Waals surface area contributed by atoms with Crippen molar-refractivity contribution in [2.45, 2.75) is 19.1 Å². The van der Waals surface area contributed by atoms with Gasteiger partial charge in [0.1, 0.15) is 0 Å². The number of carbonyl (C=O) groups is 1. The number of fused-ring (bicyclic) bond motifs is 1. The SMILES string of the molecule is O=C1C=C(c2ccco2)O[C@H]2OCCC[C@@H]12. The van der Waals surface area contributed by atoms with Crippen LogP contribution in [-0.2, 0) is 14.3 Å². The van der Waals surface area contributed by atoms with Crippen LogP contribution in [0.4, 0.5) is 0 Å². The molecule has 1 aromatic rings. The lowest BCUT2D eigenvalue weighted by Gasteiger charge is -2.33. The highest BCUT2D eigenvalue weighted by Gasteiger charge is 2.37. The van der Waals surface area contributed by atoms with Gasteiger partial charge in [-0.05, 0) is 25.0 Å². The molecule has 0 bridgehead atoms. The fourth-order valence-corrected chi connectivity index (χ4v) is 2.09. The molecule has 4 heteroatoms. The molecule has 0 amide bonds. The Morgan fingerprint density at radius 3 is 3.12 bits per heavy atom. The van der Waals surface area contributed by atoms with Gasteiger partial charge in [0.25, 0.3) is 0 Å². The largest absolute Gasteiger partial charge is 0.461 e. The van der Waals surface area contributed by atoms with E-state index in [-0.39, 0.29) is 11.7 Å². The standard InChI is InChI=1S/C12H12O4/c13-9-7-11(10-4-2-5-14-10)16-12-8(9)3-1-6-15-12/h2,4-5,7-8,12H,1,3,6H2/t8-,12+/m0/s1. The van der Waals surface area contributed by atoms with Crippen LogP contribution in [0.5, 0.6) is 0 Å². The van der Waals surface area contributed by atoms with Crippen LogP contribution in [0.15, 0.2) is 28.9 Å². The number of rotatable bonds is 1. The van der Waals surface area contributed by atoms with Gasteiger partial charge in [0.2, 0.25) is 6.29 Å². The van der Waals surface area contributed by atoms with Crippen molar-refractivity contribution >= 4 is 11.5 Å². The number of ether oxygens (including phenoxy) is 2. The summed E-state index contributed by atoms with van der Waals surface area (Å²) in [5.74, 6) is 0.967. The van der Waals surface area contributed by atoms with Crippen molar-refractivity contribution in [3.05, 3.63) is 30.2 Å². The van der Waals surface area contributed by atoms with Gasteiger partial charge >= 0.3 is 0 Å². The van der Waals surface area contributed by atoms with Gasteiger partial charge in [-0.2, -0.15) is 0 Å². The van der Waals surface area contributed by atoms with Gasteiger partial charge in [-0.1, -0.05) is 0 Å². The summed E-state index contributed by atoms with van der Waals surface area (Å²) < 4.78 is 16.3. The number of carbonyl (C=O) groups excluding carboxylic acids is 1. The highest BCUT2D eigenvalue weighted by atomic mass is 16.7. The summed E-state index contributed by atoms with van der Waals surface area (Å²) in [5, 5.41) is 0. The van der Waals surface area contributed by atoms with Crippen LogP contribution in [0, 0.1) is 5.92 Å². The predicted octanol–water partition coefficient (Wildman–Crippen LogP) is 1.97. The third-order valence-corrected chi connectivity index (χ3v) is 2.92. The van der Waals surface area contributed by atoms with E-state index in [9.17, 15) is 4.79 Å². The molecule has 16 heavy (non-hydrogen) atoms. The number of ketones is 1. The fraction of sp³-hybridized carbons (Fsp3) is 0.417. The van der Waals surface area contributed by atoms with E-state index in [1.54, 1.807) is 18.4 Å². The number of hydrogen-bond acceptors (Lipinski definition) is 4. The summed E-state index contributed by atoms with van der Waals surface area (Å²) in [6.07, 6.45) is 4.38. The molecule has 1 fully saturated rings. The molecule has 1 saturated heterocycles. The molecule has 2 atom stereocenters. The van der Waals surface area contributed by atoms with Crippen LogP contribution < -0.4 is 0 Å². The third kappa shape index (κ3) is 1.55. The van der Waals surface area contributed by atoms with Crippen LogP contribution >= 0.6 is 0 Å². The Kier molecular flexibility index (Phi) is 2.29. The smallest absolute Gasteiger partial charge is 0.210 e. The molecular formula is C12H12O4. The van der Waals surface area contributed by atoms with Crippen molar-refractivity contribution in [2.24, 2.45) is 5.92 Å². The molecule has 3 rings (SSSR count). The fourth-order valence-electron chi connectivity index (χ4n) is 2.09. The number of hydrogen-bond donors (Lipinski definition) is 0. The number of furan rings is 1. The third-order valence-electron chi connectivity index (χ3n) is 2.92. The normalized spacial score (nSPS) is 29.2. The Hall–Kier alpha value is -1.55. The van der Waals surface area contributed by atoms with Gasteiger partial charge in [-0.15, -0.1) is 0 Å². The molecule has 4 nitrogen and oxygen atoms in total. The van der Waals surface area contributed by atoms with Gasteiger partial charge in [-0.25, -0.2) is 0 Å². The summed E-state index contributed by atoms with van der Waals surface area (Å²) in [6, 6.07) is 3.53. The maximum Gasteiger partial charge on any atom is 0.210 e. The van der Waals surface area contributed by atoms with Crippen molar-refractivity contribution < 1.29 is 18.7 Å². The zero-order valence-electron chi connectivity index (χ0n) is 8.72. The minimum atomic E-state index is -0.439. The van der Waals surface area contributed by atoms with E-state index in [4.69, 9.17) is 13.9 Å². The van der Waals surface area contributed by atoms with Crippen molar-refractivity contribution in [3.63, 3.8) is 0 Å². The van der Waals surface area contributed by atoms with E-state index in [2.05, 4.69) is 0 Å². The molecule has 0 aliphatic carbocycles. The topological polar surface area (TPSA) is 48.7 Å². The molecular weight excluding hydrogens is 208 g/mol. The molecule has 0 spiro atoms. The minimum Gasteiger partial charge on any atom is -0.461 e. The Bertz CT molecular complexity index is 418. The highest BCUT2D eigenvalue weighted by molar-refractivity contribution is 5.98. The second-order valence-electron chi connectivity index (χ2n) is 3.99. The van der Waals surface area contributed by atoms with E-state index < -0.39 is 6.29 Å². The Morgan fingerprint density at radius 1 is 1.38 bits per heavy atom. The molecule has 0 N–H and O–H groups in total. The molecule has 2 aliphatic rings. The minimum absolute atomic E-state index is 0.0716. The Labute approximate surface area is 92.8 Å². The first kappa shape index (κ1) is 9.66. The zero-order valence-corrected chi connectivity index (χ0v) is 8.72. The second kappa shape index (κ2) is 3.79. The maximum atomic E-state index is 11.9. The second-order valence-corrected chi connectivity index (χ2v) is 3.99. The molecule has 2 aliphatic heterocycles. The van der Waals surface area contributed by atoms with Crippen molar-refractivity contribution in [3.8, 4) is 0 Å². The molecule has 0 unspecified atom stereocenters. The predicted molar refractivity (Wildman–Crippen MR) is 55.2 cm³/mol. The van der Waals surface area contributed by atoms with Gasteiger partial charge in [0.05, 0.1) is 18.8 Å². The van der Waals surface area contributed by atoms with Crippen molar-refractivity contribution in [1.82, 2.24) is 0 Å². The first-order valence-corrected chi connectivity index (χ1v) is 5.42.